The molecule has 0 saturated carbocycles. The number of carbonyl (C=O) groups is 4. The first kappa shape index (κ1) is 90.1. The smallest absolute Gasteiger partial charge is 0.253 e. The molecular weight excluding hydrogens is 1640 g/mol. The number of H-pyrrole nitrogens is 2. The average molecular weight is 1760 g/mol. The number of amides is 1. The number of ether oxygens (including phenoxy) is 5. The lowest BCUT2D eigenvalue weighted by atomic mass is 10.0. The van der Waals surface area contributed by atoms with Gasteiger partial charge in [0.1, 0.15) is 52.6 Å². The van der Waals surface area contributed by atoms with Crippen molar-refractivity contribution in [3.8, 4) is 28.7 Å². The van der Waals surface area contributed by atoms with Crippen molar-refractivity contribution >= 4 is 100 Å². The number of aryl methyl sites for hydroxylation is 4. The third-order valence-electron chi connectivity index (χ3n) is 25.7. The Balaban J connectivity index is 0.000000127. The summed E-state index contributed by atoms with van der Waals surface area (Å²) in [5, 5.41) is 10.3. The first-order valence-electron chi connectivity index (χ1n) is 45.5. The molecule has 4 aliphatic heterocycles. The number of nitrogens with one attached hydrogen (secondary N) is 3. The molecule has 0 spiro atoms. The number of para-hydroxylation sites is 3. The second kappa shape index (κ2) is 42.3. The number of carbonyl (C=O) groups excluding carboxylic acids is 4. The lowest BCUT2D eigenvalue weighted by Gasteiger charge is -2.32. The molecule has 19 rings (SSSR count). The maximum Gasteiger partial charge on any atom is 0.253 e. The fourth-order valence-electron chi connectivity index (χ4n) is 18.9. The molecule has 9 aromatic carbocycles. The third kappa shape index (κ3) is 22.0. The van der Waals surface area contributed by atoms with Crippen molar-refractivity contribution in [2.24, 2.45) is 0 Å². The van der Waals surface area contributed by atoms with Crippen LogP contribution >= 0.6 is 11.6 Å². The SMILES string of the molecule is CCC(=O)c1cn(CCCN2CCC(Oc3ccc(F)cc3)CC2)c2ccccc12.COc1ccc2[nH]c3c(c2c1)CCN(CCCn1cc(C(C)=O)c2ccc(OC)cc21)C3.COc1ccc2[nH]c3c(c2c1)CCN(CCCn1cc(C(C)=O)c2ccccc21)C3.O=C(NCc1cccc(Cl)c1)c1cn(CCCN2CCC(Oc3ccc(F)cc3)CC2)c2ccccc12. The molecule has 0 atom stereocenters. The van der Waals surface area contributed by atoms with Crippen LogP contribution in [0.2, 0.25) is 5.02 Å². The summed E-state index contributed by atoms with van der Waals surface area (Å²) >= 11 is 6.07. The van der Waals surface area contributed by atoms with Crippen molar-refractivity contribution < 1.29 is 51.6 Å². The fourth-order valence-corrected chi connectivity index (χ4v) is 19.1. The number of rotatable bonds is 30. The normalized spacial score (nSPS) is 14.6. The largest absolute Gasteiger partial charge is 0.497 e. The van der Waals surface area contributed by atoms with E-state index in [-0.39, 0.29) is 47.1 Å². The Bertz CT molecular complexity index is 6410. The fraction of sp³-hybridized carbons (Fsp3) is 0.340. The molecule has 4 aliphatic rings. The number of Topliss-reactive ketones (excluding diaryl/α,β-unsaturated/α-hetero) is 3. The minimum Gasteiger partial charge on any atom is -0.497 e. The molecule has 129 heavy (non-hydrogen) atoms. The van der Waals surface area contributed by atoms with Gasteiger partial charge in [-0.3, -0.25) is 29.0 Å². The van der Waals surface area contributed by atoms with E-state index in [4.69, 9.17) is 35.3 Å². The maximum atomic E-state index is 13.1. The van der Waals surface area contributed by atoms with Crippen LogP contribution in [0.15, 0.2) is 225 Å². The van der Waals surface area contributed by atoms with Crippen LogP contribution in [-0.4, -0.2) is 170 Å². The quantitative estimate of drug-likeness (QED) is 0.0361. The third-order valence-corrected chi connectivity index (χ3v) is 26.0. The van der Waals surface area contributed by atoms with Crippen LogP contribution in [0.3, 0.4) is 0 Å². The topological polar surface area (TPSA) is 191 Å². The molecule has 23 heteroatoms. The highest BCUT2D eigenvalue weighted by Gasteiger charge is 2.27. The maximum absolute atomic E-state index is 13.1. The highest BCUT2D eigenvalue weighted by atomic mass is 35.5. The molecule has 0 bridgehead atoms. The van der Waals surface area contributed by atoms with Crippen molar-refractivity contribution in [1.29, 1.82) is 0 Å². The van der Waals surface area contributed by atoms with Gasteiger partial charge in [-0.15, -0.1) is 0 Å². The summed E-state index contributed by atoms with van der Waals surface area (Å²) in [4.78, 5) is 66.6. The number of fused-ring (bicyclic) bond motifs is 10. The predicted molar refractivity (Wildman–Crippen MR) is 511 cm³/mol. The molecule has 0 aliphatic carbocycles. The van der Waals surface area contributed by atoms with E-state index in [1.54, 1.807) is 59.4 Å². The van der Waals surface area contributed by atoms with Gasteiger partial charge in [0.05, 0.1) is 32.4 Å². The second-order valence-electron chi connectivity index (χ2n) is 34.3. The van der Waals surface area contributed by atoms with Gasteiger partial charge in [-0.1, -0.05) is 85.3 Å². The molecule has 0 radical (unpaired) electrons. The Labute approximate surface area is 757 Å². The average Bonchev–Trinajstić information content (AvgIpc) is 1.64. The Morgan fingerprint density at radius 1 is 0.403 bits per heavy atom. The van der Waals surface area contributed by atoms with Crippen LogP contribution in [0.1, 0.15) is 148 Å². The zero-order valence-corrected chi connectivity index (χ0v) is 75.5. The summed E-state index contributed by atoms with van der Waals surface area (Å²) in [5.74, 6) is 3.96. The zero-order chi connectivity index (χ0) is 89.4. The van der Waals surface area contributed by atoms with E-state index in [1.165, 1.54) is 68.6 Å². The number of aromatic nitrogens is 6. The van der Waals surface area contributed by atoms with Gasteiger partial charge >= 0.3 is 0 Å². The zero-order valence-electron chi connectivity index (χ0n) is 74.7. The van der Waals surface area contributed by atoms with Crippen LogP contribution in [0.25, 0.3) is 65.4 Å². The van der Waals surface area contributed by atoms with Crippen LogP contribution in [-0.2, 0) is 58.7 Å². The number of ketones is 3. The van der Waals surface area contributed by atoms with E-state index in [9.17, 15) is 28.0 Å². The van der Waals surface area contributed by atoms with E-state index in [0.29, 0.717) is 23.6 Å². The minimum atomic E-state index is -0.247. The van der Waals surface area contributed by atoms with Crippen LogP contribution < -0.4 is 29.0 Å². The van der Waals surface area contributed by atoms with E-state index in [1.807, 2.05) is 141 Å². The number of hydrogen-bond donors (Lipinski definition) is 3. The Kier molecular flexibility index (Phi) is 29.5. The predicted octanol–water partition coefficient (Wildman–Crippen LogP) is 21.2. The number of piperidine rings is 2. The molecule has 15 aromatic rings. The minimum absolute atomic E-state index is 0.0850. The lowest BCUT2D eigenvalue weighted by Crippen LogP contribution is -2.38. The van der Waals surface area contributed by atoms with Crippen molar-refractivity contribution in [1.82, 2.24) is 53.2 Å². The van der Waals surface area contributed by atoms with Gasteiger partial charge in [-0.2, -0.15) is 0 Å². The van der Waals surface area contributed by atoms with E-state index < -0.39 is 0 Å². The monoisotopic (exact) mass is 1760 g/mol. The number of aromatic amines is 2. The van der Waals surface area contributed by atoms with Gasteiger partial charge in [0.2, 0.25) is 0 Å². The van der Waals surface area contributed by atoms with Gasteiger partial charge in [-0.05, 0) is 235 Å². The summed E-state index contributed by atoms with van der Waals surface area (Å²) < 4.78 is 63.2. The molecular formula is C106H116ClF2N11O9. The molecule has 10 heterocycles. The highest BCUT2D eigenvalue weighted by Crippen LogP contribution is 2.36. The number of likely N-dealkylation sites (tertiary alicyclic amines) is 2. The van der Waals surface area contributed by atoms with Gasteiger partial charge < -0.3 is 67.0 Å². The molecule has 1 amide bonds. The molecule has 6 aromatic heterocycles. The van der Waals surface area contributed by atoms with E-state index in [2.05, 4.69) is 95.6 Å². The summed E-state index contributed by atoms with van der Waals surface area (Å²) in [6.45, 7) is 21.2. The summed E-state index contributed by atoms with van der Waals surface area (Å²) in [6, 6.07) is 62.9. The summed E-state index contributed by atoms with van der Waals surface area (Å²) in [6.07, 6.45) is 19.0. The molecule has 2 saturated heterocycles. The number of benzene rings is 9. The lowest BCUT2D eigenvalue weighted by molar-refractivity contribution is 0.0949. The van der Waals surface area contributed by atoms with Gasteiger partial charge in [-0.25, -0.2) is 8.78 Å². The van der Waals surface area contributed by atoms with Crippen molar-refractivity contribution in [3.05, 3.63) is 292 Å². The van der Waals surface area contributed by atoms with Crippen LogP contribution in [0.5, 0.6) is 28.7 Å². The van der Waals surface area contributed by atoms with Crippen molar-refractivity contribution in [3.63, 3.8) is 0 Å². The molecule has 670 valence electrons. The first-order valence-corrected chi connectivity index (χ1v) is 45.8. The number of halogens is 3. The Morgan fingerprint density at radius 3 is 1.23 bits per heavy atom. The number of nitrogens with zero attached hydrogens (tertiary/aromatic N) is 8. The standard InChI is InChI=1S/C30H31ClFN3O2.C26H29N3O3.C25H29FN2O2.C25H27N3O2/c31-23-6-3-5-22(19-23)20-33-30(36)28-21-35(29-8-2-1-7-27(28)29)16-4-15-34-17-13-26(14-18-34)37-25-11-9-24(32)10-12-25;1-17(30)23-15-29(26-14-19(32-3)5-7-21(23)26)11-4-10-28-12-9-20-22-13-18(31-2)6-8-24(22)27-25(20)16-28;1-2-25(29)23-18-28(24-7-4-3-6-22(23)24)15-5-14-27-16-12-21(13-17-27)30-20-10-8-19(26)9-11-20;1-17(29)22-15-28(25-7-4-3-6-20(22)25)12-5-11-27-13-10-19-21-14-18(30-2)8-9-23(21)26-24(19)16-27/h1-3,5-12,19,21,26H,4,13-18,20H2,(H,33,36);5-8,13-15,27H,4,9-12,16H2,1-3H3;3-4,6-11,18,21H,2,5,12-17H2,1H3;3-4,6-9,14-15,26H,5,10-13,16H2,1-2H3. The molecule has 3 N–H and O–H groups in total. The van der Waals surface area contributed by atoms with Crippen LogP contribution in [0, 0.1) is 11.6 Å². The first-order chi connectivity index (χ1) is 62.9. The van der Waals surface area contributed by atoms with Crippen molar-refractivity contribution in [2.75, 3.05) is 86.8 Å². The van der Waals surface area contributed by atoms with E-state index in [0.717, 1.165) is 264 Å². The summed E-state index contributed by atoms with van der Waals surface area (Å²) in [5.41, 5.74) is 16.4. The highest BCUT2D eigenvalue weighted by molar-refractivity contribution is 6.30. The Morgan fingerprint density at radius 2 is 0.791 bits per heavy atom. The number of methoxy groups -OCH3 is 3. The van der Waals surface area contributed by atoms with Gasteiger partial charge in [0.25, 0.3) is 5.91 Å². The molecule has 0 unspecified atom stereocenters. The Hall–Kier alpha value is -12.3. The number of hydrogen-bond acceptors (Lipinski definition) is 13. The van der Waals surface area contributed by atoms with Crippen LogP contribution in [0.4, 0.5) is 8.78 Å². The molecule has 2 fully saturated rings. The molecule has 20 nitrogen and oxygen atoms in total. The van der Waals surface area contributed by atoms with Gasteiger partial charge in [0, 0.05) is 228 Å². The van der Waals surface area contributed by atoms with E-state index >= 15 is 0 Å². The van der Waals surface area contributed by atoms with Crippen molar-refractivity contribution in [2.45, 2.75) is 149 Å². The van der Waals surface area contributed by atoms with Gasteiger partial charge in [0.15, 0.2) is 17.3 Å². The second-order valence-corrected chi connectivity index (χ2v) is 34.7. The summed E-state index contributed by atoms with van der Waals surface area (Å²) in [7, 11) is 5.10.